The summed E-state index contributed by atoms with van der Waals surface area (Å²) in [6, 6.07) is 8.13. The number of benzene rings is 1. The largest absolute Gasteiger partial charge is 0.379 e. The summed E-state index contributed by atoms with van der Waals surface area (Å²) >= 11 is 6.05. The van der Waals surface area contributed by atoms with Crippen molar-refractivity contribution in [3.05, 3.63) is 29.3 Å². The zero-order valence-corrected chi connectivity index (χ0v) is 13.3. The number of halogens is 1. The first kappa shape index (κ1) is 15.6. The van der Waals surface area contributed by atoms with Crippen molar-refractivity contribution in [2.24, 2.45) is 0 Å². The molecule has 0 aliphatic carbocycles. The van der Waals surface area contributed by atoms with Crippen molar-refractivity contribution >= 4 is 17.3 Å². The molecule has 2 rings (SSSR count). The van der Waals surface area contributed by atoms with Gasteiger partial charge in [0.1, 0.15) is 0 Å². The second-order valence-corrected chi connectivity index (χ2v) is 6.02. The molecule has 1 heterocycles. The molecule has 112 valence electrons. The third kappa shape index (κ3) is 4.97. The summed E-state index contributed by atoms with van der Waals surface area (Å²) < 4.78 is 5.58. The number of piperazine rings is 1. The normalized spacial score (nSPS) is 16.9. The van der Waals surface area contributed by atoms with Crippen LogP contribution in [0.25, 0.3) is 0 Å². The van der Waals surface area contributed by atoms with Gasteiger partial charge < -0.3 is 9.64 Å². The Hall–Kier alpha value is -0.770. The monoisotopic (exact) mass is 296 g/mol. The first-order chi connectivity index (χ1) is 9.65. The lowest BCUT2D eigenvalue weighted by Crippen LogP contribution is -2.46. The van der Waals surface area contributed by atoms with Crippen LogP contribution < -0.4 is 4.90 Å². The Morgan fingerprint density at radius 3 is 2.60 bits per heavy atom. The quantitative estimate of drug-likeness (QED) is 0.749. The van der Waals surface area contributed by atoms with Crippen LogP contribution in [0.3, 0.4) is 0 Å². The lowest BCUT2D eigenvalue weighted by atomic mass is 10.2. The minimum atomic E-state index is 0.342. The van der Waals surface area contributed by atoms with Gasteiger partial charge in [0, 0.05) is 50.0 Å². The van der Waals surface area contributed by atoms with Crippen LogP contribution in [-0.2, 0) is 4.74 Å². The van der Waals surface area contributed by atoms with E-state index in [1.54, 1.807) is 0 Å². The molecule has 1 aliphatic rings. The van der Waals surface area contributed by atoms with E-state index in [0.717, 1.165) is 50.8 Å². The highest BCUT2D eigenvalue weighted by Gasteiger charge is 2.16. The lowest BCUT2D eigenvalue weighted by molar-refractivity contribution is 0.0701. The van der Waals surface area contributed by atoms with Crippen molar-refractivity contribution < 1.29 is 4.74 Å². The van der Waals surface area contributed by atoms with E-state index in [-0.39, 0.29) is 0 Å². The molecule has 0 saturated carbocycles. The summed E-state index contributed by atoms with van der Waals surface area (Å²) in [5.41, 5.74) is 1.24. The number of nitrogens with zero attached hydrogens (tertiary/aromatic N) is 2. The first-order valence-corrected chi connectivity index (χ1v) is 7.87. The fourth-order valence-electron chi connectivity index (χ4n) is 2.51. The average Bonchev–Trinajstić information content (AvgIpc) is 2.44. The molecule has 20 heavy (non-hydrogen) atoms. The number of hydrogen-bond acceptors (Lipinski definition) is 3. The standard InChI is InChI=1S/C16H25ClN2O/c1-14(2)20-12-4-7-18-8-10-19(11-9-18)16-6-3-5-15(17)13-16/h3,5-6,13-14H,4,7-12H2,1-2H3. The summed E-state index contributed by atoms with van der Waals surface area (Å²) in [5.74, 6) is 0. The number of anilines is 1. The Bertz CT molecular complexity index is 403. The molecular formula is C16H25ClN2O. The summed E-state index contributed by atoms with van der Waals surface area (Å²) in [5, 5.41) is 0.816. The molecule has 0 aromatic heterocycles. The van der Waals surface area contributed by atoms with Gasteiger partial charge in [-0.3, -0.25) is 4.90 Å². The van der Waals surface area contributed by atoms with Gasteiger partial charge in [-0.25, -0.2) is 0 Å². The Morgan fingerprint density at radius 1 is 1.20 bits per heavy atom. The zero-order valence-electron chi connectivity index (χ0n) is 12.5. The van der Waals surface area contributed by atoms with Gasteiger partial charge in [0.25, 0.3) is 0 Å². The van der Waals surface area contributed by atoms with E-state index in [1.807, 2.05) is 18.2 Å². The van der Waals surface area contributed by atoms with E-state index >= 15 is 0 Å². The van der Waals surface area contributed by atoms with Crippen molar-refractivity contribution in [3.63, 3.8) is 0 Å². The summed E-state index contributed by atoms with van der Waals surface area (Å²) in [6.45, 7) is 10.6. The van der Waals surface area contributed by atoms with Crippen LogP contribution in [0.4, 0.5) is 5.69 Å². The Balaban J connectivity index is 1.70. The van der Waals surface area contributed by atoms with Gasteiger partial charge in [-0.15, -0.1) is 0 Å². The maximum atomic E-state index is 6.05. The average molecular weight is 297 g/mol. The fraction of sp³-hybridized carbons (Fsp3) is 0.625. The van der Waals surface area contributed by atoms with Crippen molar-refractivity contribution in [2.45, 2.75) is 26.4 Å². The molecule has 1 aliphatic heterocycles. The molecular weight excluding hydrogens is 272 g/mol. The van der Waals surface area contributed by atoms with Crippen molar-refractivity contribution in [1.82, 2.24) is 4.90 Å². The highest BCUT2D eigenvalue weighted by Crippen LogP contribution is 2.20. The van der Waals surface area contributed by atoms with E-state index in [4.69, 9.17) is 16.3 Å². The van der Waals surface area contributed by atoms with Crippen LogP contribution in [-0.4, -0.2) is 50.3 Å². The lowest BCUT2D eigenvalue weighted by Gasteiger charge is -2.36. The van der Waals surface area contributed by atoms with Gasteiger partial charge in [0.15, 0.2) is 0 Å². The minimum absolute atomic E-state index is 0.342. The predicted molar refractivity (Wildman–Crippen MR) is 85.8 cm³/mol. The molecule has 1 saturated heterocycles. The molecule has 4 heteroatoms. The minimum Gasteiger partial charge on any atom is -0.379 e. The third-order valence-corrected chi connectivity index (χ3v) is 3.85. The first-order valence-electron chi connectivity index (χ1n) is 7.49. The summed E-state index contributed by atoms with van der Waals surface area (Å²) in [6.07, 6.45) is 1.46. The topological polar surface area (TPSA) is 15.7 Å². The highest BCUT2D eigenvalue weighted by atomic mass is 35.5. The van der Waals surface area contributed by atoms with Crippen molar-refractivity contribution in [2.75, 3.05) is 44.2 Å². The number of ether oxygens (including phenoxy) is 1. The molecule has 1 fully saturated rings. The smallest absolute Gasteiger partial charge is 0.0518 e. The third-order valence-electron chi connectivity index (χ3n) is 3.62. The molecule has 1 aromatic carbocycles. The molecule has 1 aromatic rings. The van der Waals surface area contributed by atoms with Crippen molar-refractivity contribution in [1.29, 1.82) is 0 Å². The predicted octanol–water partition coefficient (Wildman–Crippen LogP) is 3.28. The van der Waals surface area contributed by atoms with Gasteiger partial charge >= 0.3 is 0 Å². The highest BCUT2D eigenvalue weighted by molar-refractivity contribution is 6.30. The fourth-order valence-corrected chi connectivity index (χ4v) is 2.69. The summed E-state index contributed by atoms with van der Waals surface area (Å²) in [7, 11) is 0. The van der Waals surface area contributed by atoms with Crippen molar-refractivity contribution in [3.8, 4) is 0 Å². The van der Waals surface area contributed by atoms with Gasteiger partial charge in [-0.05, 0) is 38.5 Å². The van der Waals surface area contributed by atoms with Crippen LogP contribution >= 0.6 is 11.6 Å². The van der Waals surface area contributed by atoms with E-state index in [1.165, 1.54) is 5.69 Å². The van der Waals surface area contributed by atoms with Gasteiger partial charge in [-0.2, -0.15) is 0 Å². The maximum absolute atomic E-state index is 6.05. The maximum Gasteiger partial charge on any atom is 0.0518 e. The molecule has 3 nitrogen and oxygen atoms in total. The SMILES string of the molecule is CC(C)OCCCN1CCN(c2cccc(Cl)c2)CC1. The Kier molecular flexibility index (Phi) is 6.14. The number of hydrogen-bond donors (Lipinski definition) is 0. The molecule has 0 spiro atoms. The second-order valence-electron chi connectivity index (χ2n) is 5.58. The molecule has 0 unspecified atom stereocenters. The Morgan fingerprint density at radius 2 is 1.95 bits per heavy atom. The van der Waals surface area contributed by atoms with Gasteiger partial charge in [-0.1, -0.05) is 17.7 Å². The summed E-state index contributed by atoms with van der Waals surface area (Å²) in [4.78, 5) is 4.93. The molecule has 0 amide bonds. The van der Waals surface area contributed by atoms with Crippen LogP contribution in [0.1, 0.15) is 20.3 Å². The second kappa shape index (κ2) is 7.87. The molecule has 0 radical (unpaired) electrons. The van der Waals surface area contributed by atoms with E-state index < -0.39 is 0 Å². The Labute approximate surface area is 127 Å². The van der Waals surface area contributed by atoms with Gasteiger partial charge in [0.2, 0.25) is 0 Å². The van der Waals surface area contributed by atoms with E-state index in [9.17, 15) is 0 Å². The molecule has 0 N–H and O–H groups in total. The molecule has 0 bridgehead atoms. The zero-order chi connectivity index (χ0) is 14.4. The van der Waals surface area contributed by atoms with Gasteiger partial charge in [0.05, 0.1) is 6.10 Å². The van der Waals surface area contributed by atoms with Crippen LogP contribution in [0, 0.1) is 0 Å². The van der Waals surface area contributed by atoms with Crippen LogP contribution in [0.5, 0.6) is 0 Å². The van der Waals surface area contributed by atoms with E-state index in [2.05, 4.69) is 29.7 Å². The number of rotatable bonds is 6. The molecule has 0 atom stereocenters. The van der Waals surface area contributed by atoms with Crippen LogP contribution in [0.15, 0.2) is 24.3 Å². The van der Waals surface area contributed by atoms with Crippen LogP contribution in [0.2, 0.25) is 5.02 Å². The van der Waals surface area contributed by atoms with E-state index in [0.29, 0.717) is 6.10 Å².